The number of carbonyl (C=O) groups is 1. The molecular weight excluding hydrogens is 350 g/mol. The zero-order valence-electron chi connectivity index (χ0n) is 17.1. The molecular formula is C23H33N3O2. The summed E-state index contributed by atoms with van der Waals surface area (Å²) in [6.45, 7) is 4.93. The first-order chi connectivity index (χ1) is 13.6. The van der Waals surface area contributed by atoms with E-state index in [0.29, 0.717) is 18.2 Å². The standard InChI is InChI=1S/C23H31N3O2.H2/c1-4-5-16-28-22-12-6-18(7-13-22)23(27)25(3)20-8-10-21(11-9-20)26-15-14-19(17-26)24-2;/h6-13,19,24H,4-5,14-17H2,1-3H3;1H. The van der Waals surface area contributed by atoms with Gasteiger partial charge in [-0.3, -0.25) is 4.79 Å². The Labute approximate surface area is 169 Å². The lowest BCUT2D eigenvalue weighted by Crippen LogP contribution is -2.29. The molecule has 0 spiro atoms. The lowest BCUT2D eigenvalue weighted by Gasteiger charge is -2.21. The number of benzene rings is 2. The molecule has 1 fully saturated rings. The van der Waals surface area contributed by atoms with Crippen molar-refractivity contribution >= 4 is 17.3 Å². The van der Waals surface area contributed by atoms with Crippen molar-refractivity contribution in [2.75, 3.05) is 43.6 Å². The van der Waals surface area contributed by atoms with E-state index in [0.717, 1.165) is 43.8 Å². The molecule has 1 aliphatic heterocycles. The number of amides is 1. The number of ether oxygens (including phenoxy) is 1. The van der Waals surface area contributed by atoms with Crippen LogP contribution in [-0.2, 0) is 0 Å². The summed E-state index contributed by atoms with van der Waals surface area (Å²) in [6.07, 6.45) is 3.30. The van der Waals surface area contributed by atoms with E-state index < -0.39 is 0 Å². The van der Waals surface area contributed by atoms with Gasteiger partial charge in [0.2, 0.25) is 0 Å². The number of rotatable bonds is 8. The fraction of sp³-hybridized carbons (Fsp3) is 0.435. The molecule has 0 saturated carbocycles. The number of nitrogens with one attached hydrogen (secondary N) is 1. The van der Waals surface area contributed by atoms with Gasteiger partial charge >= 0.3 is 0 Å². The maximum Gasteiger partial charge on any atom is 0.258 e. The first-order valence-electron chi connectivity index (χ1n) is 10.2. The van der Waals surface area contributed by atoms with Gasteiger partial charge in [0, 0.05) is 44.5 Å². The molecule has 3 rings (SSSR count). The number of unbranched alkanes of at least 4 members (excludes halogenated alkanes) is 1. The summed E-state index contributed by atoms with van der Waals surface area (Å²) in [7, 11) is 3.83. The first kappa shape index (κ1) is 20.2. The molecule has 0 aromatic heterocycles. The fourth-order valence-electron chi connectivity index (χ4n) is 3.46. The van der Waals surface area contributed by atoms with Crippen LogP contribution in [0.2, 0.25) is 0 Å². The monoisotopic (exact) mass is 383 g/mol. The third kappa shape index (κ3) is 4.84. The SMILES string of the molecule is CCCCOc1ccc(C(=O)N(C)c2ccc(N3CCC(NC)C3)cc2)cc1.[HH]. The lowest BCUT2D eigenvalue weighted by molar-refractivity contribution is 0.0993. The Balaban J connectivity index is 0.00000300. The number of hydrogen-bond acceptors (Lipinski definition) is 4. The van der Waals surface area contributed by atoms with Gasteiger partial charge in [-0.15, -0.1) is 0 Å². The Kier molecular flexibility index (Phi) is 6.93. The van der Waals surface area contributed by atoms with Crippen LogP contribution in [0.5, 0.6) is 5.75 Å². The van der Waals surface area contributed by atoms with Crippen molar-refractivity contribution in [3.05, 3.63) is 54.1 Å². The van der Waals surface area contributed by atoms with Crippen molar-refractivity contribution in [1.82, 2.24) is 5.32 Å². The van der Waals surface area contributed by atoms with Crippen LogP contribution in [0.25, 0.3) is 0 Å². The van der Waals surface area contributed by atoms with Crippen molar-refractivity contribution in [1.29, 1.82) is 0 Å². The summed E-state index contributed by atoms with van der Waals surface area (Å²) < 4.78 is 5.67. The van der Waals surface area contributed by atoms with E-state index in [-0.39, 0.29) is 7.33 Å². The zero-order chi connectivity index (χ0) is 19.9. The second-order valence-electron chi connectivity index (χ2n) is 7.33. The minimum Gasteiger partial charge on any atom is -0.494 e. The van der Waals surface area contributed by atoms with Gasteiger partial charge in [-0.1, -0.05) is 13.3 Å². The van der Waals surface area contributed by atoms with E-state index >= 15 is 0 Å². The number of carbonyl (C=O) groups excluding carboxylic acids is 1. The molecule has 1 atom stereocenters. The lowest BCUT2D eigenvalue weighted by atomic mass is 10.1. The molecule has 1 amide bonds. The van der Waals surface area contributed by atoms with Crippen LogP contribution < -0.4 is 19.9 Å². The molecule has 5 nitrogen and oxygen atoms in total. The Bertz CT molecular complexity index is 765. The van der Waals surface area contributed by atoms with Crippen LogP contribution >= 0.6 is 0 Å². The molecule has 1 N–H and O–H groups in total. The van der Waals surface area contributed by atoms with Crippen molar-refractivity contribution in [2.24, 2.45) is 0 Å². The zero-order valence-corrected chi connectivity index (χ0v) is 17.1. The van der Waals surface area contributed by atoms with Gasteiger partial charge in [-0.2, -0.15) is 0 Å². The number of anilines is 2. The third-order valence-electron chi connectivity index (χ3n) is 5.37. The Morgan fingerprint density at radius 1 is 1.21 bits per heavy atom. The molecule has 0 radical (unpaired) electrons. The topological polar surface area (TPSA) is 44.8 Å². The van der Waals surface area contributed by atoms with Gasteiger partial charge in [0.15, 0.2) is 0 Å². The smallest absolute Gasteiger partial charge is 0.258 e. The largest absolute Gasteiger partial charge is 0.494 e. The van der Waals surface area contributed by atoms with E-state index in [4.69, 9.17) is 4.74 Å². The summed E-state index contributed by atoms with van der Waals surface area (Å²) in [5.41, 5.74) is 2.75. The molecule has 2 aromatic carbocycles. The van der Waals surface area contributed by atoms with Gasteiger partial charge in [0.1, 0.15) is 5.75 Å². The van der Waals surface area contributed by atoms with Crippen LogP contribution in [0.1, 0.15) is 38.0 Å². The van der Waals surface area contributed by atoms with Crippen LogP contribution in [0, 0.1) is 0 Å². The average Bonchev–Trinajstić information content (AvgIpc) is 3.23. The van der Waals surface area contributed by atoms with E-state index in [1.807, 2.05) is 50.5 Å². The Morgan fingerprint density at radius 2 is 1.93 bits per heavy atom. The summed E-state index contributed by atoms with van der Waals surface area (Å²) in [6, 6.07) is 16.2. The van der Waals surface area contributed by atoms with E-state index in [9.17, 15) is 4.79 Å². The van der Waals surface area contributed by atoms with E-state index in [1.54, 1.807) is 4.90 Å². The van der Waals surface area contributed by atoms with Crippen LogP contribution in [0.4, 0.5) is 11.4 Å². The highest BCUT2D eigenvalue weighted by Crippen LogP contribution is 2.24. The van der Waals surface area contributed by atoms with Crippen molar-refractivity contribution < 1.29 is 11.0 Å². The third-order valence-corrected chi connectivity index (χ3v) is 5.37. The highest BCUT2D eigenvalue weighted by Gasteiger charge is 2.21. The van der Waals surface area contributed by atoms with Gasteiger partial charge in [-0.25, -0.2) is 0 Å². The number of hydrogen-bond donors (Lipinski definition) is 1. The van der Waals surface area contributed by atoms with Crippen molar-refractivity contribution in [3.8, 4) is 5.75 Å². The molecule has 2 aromatic rings. The summed E-state index contributed by atoms with van der Waals surface area (Å²) in [4.78, 5) is 16.9. The maximum atomic E-state index is 12.8. The molecule has 1 unspecified atom stereocenters. The Morgan fingerprint density at radius 3 is 2.54 bits per heavy atom. The Hall–Kier alpha value is -2.53. The van der Waals surface area contributed by atoms with Crippen molar-refractivity contribution in [3.63, 3.8) is 0 Å². The van der Waals surface area contributed by atoms with Gasteiger partial charge < -0.3 is 19.9 Å². The highest BCUT2D eigenvalue weighted by molar-refractivity contribution is 6.05. The number of nitrogens with zero attached hydrogens (tertiary/aromatic N) is 2. The van der Waals surface area contributed by atoms with Gasteiger partial charge in [0.05, 0.1) is 6.61 Å². The predicted molar refractivity (Wildman–Crippen MR) is 118 cm³/mol. The molecule has 28 heavy (non-hydrogen) atoms. The van der Waals surface area contributed by atoms with Gasteiger partial charge in [-0.05, 0) is 68.4 Å². The molecule has 1 heterocycles. The van der Waals surface area contributed by atoms with Crippen molar-refractivity contribution in [2.45, 2.75) is 32.2 Å². The summed E-state index contributed by atoms with van der Waals surface area (Å²) in [5, 5.41) is 3.34. The molecule has 0 bridgehead atoms. The van der Waals surface area contributed by atoms with Crippen LogP contribution in [0.15, 0.2) is 48.5 Å². The molecule has 1 saturated heterocycles. The molecule has 0 aliphatic carbocycles. The van der Waals surface area contributed by atoms with E-state index in [2.05, 4.69) is 29.3 Å². The van der Waals surface area contributed by atoms with Gasteiger partial charge in [0.25, 0.3) is 5.91 Å². The highest BCUT2D eigenvalue weighted by atomic mass is 16.5. The fourth-order valence-corrected chi connectivity index (χ4v) is 3.46. The maximum absolute atomic E-state index is 12.8. The summed E-state index contributed by atoms with van der Waals surface area (Å²) >= 11 is 0. The number of likely N-dealkylation sites (N-methyl/N-ethyl adjacent to an activating group) is 1. The molecule has 5 heteroatoms. The second-order valence-corrected chi connectivity index (χ2v) is 7.33. The second kappa shape index (κ2) is 9.60. The first-order valence-corrected chi connectivity index (χ1v) is 10.2. The molecule has 1 aliphatic rings. The average molecular weight is 384 g/mol. The van der Waals surface area contributed by atoms with E-state index in [1.165, 1.54) is 5.69 Å². The normalized spacial score (nSPS) is 16.2. The summed E-state index contributed by atoms with van der Waals surface area (Å²) in [5.74, 6) is 0.784. The quantitative estimate of drug-likeness (QED) is 0.695. The van der Waals surface area contributed by atoms with Crippen LogP contribution in [-0.4, -0.2) is 45.7 Å². The minimum absolute atomic E-state index is 0. The minimum atomic E-state index is -0.0238. The molecule has 152 valence electrons. The van der Waals surface area contributed by atoms with Crippen LogP contribution in [0.3, 0.4) is 0 Å². The predicted octanol–water partition coefficient (Wildman–Crippen LogP) is 4.19.